The van der Waals surface area contributed by atoms with Crippen molar-refractivity contribution in [3.63, 3.8) is 0 Å². The number of hydrogen-bond acceptors (Lipinski definition) is 3. The van der Waals surface area contributed by atoms with Gasteiger partial charge in [0.1, 0.15) is 11.5 Å². The van der Waals surface area contributed by atoms with Crippen LogP contribution < -0.4 is 11.3 Å². The quantitative estimate of drug-likeness (QED) is 0.579. The molecule has 0 spiro atoms. The van der Waals surface area contributed by atoms with Crippen molar-refractivity contribution in [2.24, 2.45) is 0 Å². The average molecular weight is 179 g/mol. The molecule has 0 unspecified atom stereocenters. The van der Waals surface area contributed by atoms with Gasteiger partial charge in [-0.2, -0.15) is 0 Å². The van der Waals surface area contributed by atoms with Crippen molar-refractivity contribution in [3.05, 3.63) is 34.6 Å². The zero-order chi connectivity index (χ0) is 8.55. The minimum Gasteiger partial charge on any atom is -0.412 e. The Balaban J connectivity index is 0.000000845. The Bertz CT molecular complexity index is 478. The number of pyridine rings is 2. The highest BCUT2D eigenvalue weighted by molar-refractivity contribution is 5.75. The standard InChI is InChI=1S/C8H7N3O.H2O/c9-6-3-1-5-2-4-7(12)11-8(5)10-6;/h1-4H,(H3,9,10,11,12);1H2. The van der Waals surface area contributed by atoms with E-state index in [0.29, 0.717) is 11.5 Å². The summed E-state index contributed by atoms with van der Waals surface area (Å²) in [5.41, 5.74) is 5.80. The molecule has 0 aliphatic carbocycles. The molecule has 5 N–H and O–H groups in total. The molecule has 5 nitrogen and oxygen atoms in total. The first-order valence-corrected chi connectivity index (χ1v) is 3.51. The zero-order valence-corrected chi connectivity index (χ0v) is 6.74. The van der Waals surface area contributed by atoms with Crippen LogP contribution in [0.3, 0.4) is 0 Å². The normalized spacial score (nSPS) is 9.54. The second-order valence-electron chi connectivity index (χ2n) is 2.50. The molecular weight excluding hydrogens is 170 g/mol. The van der Waals surface area contributed by atoms with Crippen molar-refractivity contribution in [1.29, 1.82) is 0 Å². The minimum atomic E-state index is -0.166. The summed E-state index contributed by atoms with van der Waals surface area (Å²) in [6.07, 6.45) is 0. The predicted molar refractivity (Wildman–Crippen MR) is 50.4 cm³/mol. The van der Waals surface area contributed by atoms with Crippen LogP contribution >= 0.6 is 0 Å². The maximum Gasteiger partial charge on any atom is 0.249 e. The number of rotatable bonds is 0. The number of nitrogens with two attached hydrogens (primary N) is 1. The van der Waals surface area contributed by atoms with Gasteiger partial charge < -0.3 is 16.2 Å². The van der Waals surface area contributed by atoms with Crippen molar-refractivity contribution in [2.75, 3.05) is 5.73 Å². The molecule has 0 amide bonds. The van der Waals surface area contributed by atoms with Gasteiger partial charge in [0.2, 0.25) is 5.56 Å². The Morgan fingerprint density at radius 1 is 1.23 bits per heavy atom. The fraction of sp³-hybridized carbons (Fsp3) is 0. The Morgan fingerprint density at radius 2 is 1.92 bits per heavy atom. The molecular formula is C8H9N3O2. The van der Waals surface area contributed by atoms with E-state index in [0.717, 1.165) is 5.39 Å². The van der Waals surface area contributed by atoms with E-state index in [4.69, 9.17) is 5.73 Å². The van der Waals surface area contributed by atoms with Crippen molar-refractivity contribution in [1.82, 2.24) is 9.97 Å². The van der Waals surface area contributed by atoms with E-state index in [1.165, 1.54) is 6.07 Å². The second-order valence-corrected chi connectivity index (χ2v) is 2.50. The predicted octanol–water partition coefficient (Wildman–Crippen LogP) is -0.319. The molecule has 0 saturated heterocycles. The lowest BCUT2D eigenvalue weighted by Crippen LogP contribution is -2.04. The largest absolute Gasteiger partial charge is 0.412 e. The summed E-state index contributed by atoms with van der Waals surface area (Å²) in [7, 11) is 0. The lowest BCUT2D eigenvalue weighted by molar-refractivity contribution is 0.824. The highest BCUT2D eigenvalue weighted by atomic mass is 16.1. The maximum atomic E-state index is 10.9. The van der Waals surface area contributed by atoms with Crippen LogP contribution in [0, 0.1) is 0 Å². The maximum absolute atomic E-state index is 10.9. The monoisotopic (exact) mass is 179 g/mol. The van der Waals surface area contributed by atoms with E-state index in [1.54, 1.807) is 12.1 Å². The summed E-state index contributed by atoms with van der Waals surface area (Å²) in [5.74, 6) is 0.407. The number of aromatic amines is 1. The minimum absolute atomic E-state index is 0. The molecule has 5 heteroatoms. The summed E-state index contributed by atoms with van der Waals surface area (Å²) in [6.45, 7) is 0. The van der Waals surface area contributed by atoms with Gasteiger partial charge in [0, 0.05) is 11.5 Å². The number of H-pyrrole nitrogens is 1. The molecule has 13 heavy (non-hydrogen) atoms. The molecule has 0 radical (unpaired) electrons. The van der Waals surface area contributed by atoms with E-state index in [-0.39, 0.29) is 11.0 Å². The van der Waals surface area contributed by atoms with Crippen molar-refractivity contribution >= 4 is 16.9 Å². The number of hydrogen-bond donors (Lipinski definition) is 2. The summed E-state index contributed by atoms with van der Waals surface area (Å²) >= 11 is 0. The number of nitrogens with zero attached hydrogens (tertiary/aromatic N) is 1. The topological polar surface area (TPSA) is 103 Å². The SMILES string of the molecule is Nc1ccc2ccc(=O)[nH]c2n1.O. The highest BCUT2D eigenvalue weighted by Gasteiger charge is 1.94. The second kappa shape index (κ2) is 3.24. The third kappa shape index (κ3) is 1.65. The summed E-state index contributed by atoms with van der Waals surface area (Å²) in [4.78, 5) is 17.4. The van der Waals surface area contributed by atoms with Crippen molar-refractivity contribution in [2.45, 2.75) is 0 Å². The molecule has 0 bridgehead atoms. The van der Waals surface area contributed by atoms with Crippen LogP contribution in [0.1, 0.15) is 0 Å². The lowest BCUT2D eigenvalue weighted by atomic mass is 10.3. The van der Waals surface area contributed by atoms with Crippen LogP contribution in [0.15, 0.2) is 29.1 Å². The summed E-state index contributed by atoms with van der Waals surface area (Å²) in [6, 6.07) is 6.68. The molecule has 0 aliphatic rings. The highest BCUT2D eigenvalue weighted by Crippen LogP contribution is 2.07. The fourth-order valence-electron chi connectivity index (χ4n) is 1.04. The van der Waals surface area contributed by atoms with Gasteiger partial charge >= 0.3 is 0 Å². The molecule has 0 saturated carbocycles. The molecule has 2 rings (SSSR count). The first kappa shape index (κ1) is 9.21. The van der Waals surface area contributed by atoms with Crippen molar-refractivity contribution < 1.29 is 5.48 Å². The van der Waals surface area contributed by atoms with Gasteiger partial charge in [-0.3, -0.25) is 4.79 Å². The average Bonchev–Trinajstić information content (AvgIpc) is 2.03. The molecule has 2 heterocycles. The van der Waals surface area contributed by atoms with E-state index in [1.807, 2.05) is 6.07 Å². The van der Waals surface area contributed by atoms with E-state index >= 15 is 0 Å². The Labute approximate surface area is 73.5 Å². The van der Waals surface area contributed by atoms with Crippen molar-refractivity contribution in [3.8, 4) is 0 Å². The Morgan fingerprint density at radius 3 is 2.69 bits per heavy atom. The first-order chi connectivity index (χ1) is 5.75. The first-order valence-electron chi connectivity index (χ1n) is 3.51. The number of anilines is 1. The molecule has 2 aromatic rings. The van der Waals surface area contributed by atoms with Crippen LogP contribution in [0.4, 0.5) is 5.82 Å². The van der Waals surface area contributed by atoms with Crippen LogP contribution in [0.2, 0.25) is 0 Å². The van der Waals surface area contributed by atoms with Gasteiger partial charge in [-0.15, -0.1) is 0 Å². The van der Waals surface area contributed by atoms with Gasteiger partial charge in [0.25, 0.3) is 0 Å². The number of nitrogens with one attached hydrogen (secondary N) is 1. The number of fused-ring (bicyclic) bond motifs is 1. The van der Waals surface area contributed by atoms with Crippen LogP contribution in [-0.2, 0) is 0 Å². The number of nitrogen functional groups attached to an aromatic ring is 1. The van der Waals surface area contributed by atoms with Crippen LogP contribution in [0.25, 0.3) is 11.0 Å². The summed E-state index contributed by atoms with van der Waals surface area (Å²) < 4.78 is 0. The van der Waals surface area contributed by atoms with Gasteiger partial charge in [0.05, 0.1) is 0 Å². The van der Waals surface area contributed by atoms with E-state index < -0.39 is 0 Å². The molecule has 0 fully saturated rings. The van der Waals surface area contributed by atoms with Crippen LogP contribution in [-0.4, -0.2) is 15.4 Å². The number of aromatic nitrogens is 2. The summed E-state index contributed by atoms with van der Waals surface area (Å²) in [5, 5.41) is 0.879. The lowest BCUT2D eigenvalue weighted by Gasteiger charge is -1.96. The van der Waals surface area contributed by atoms with Gasteiger partial charge in [0.15, 0.2) is 0 Å². The zero-order valence-electron chi connectivity index (χ0n) is 6.74. The van der Waals surface area contributed by atoms with Gasteiger partial charge in [-0.25, -0.2) is 4.98 Å². The molecule has 68 valence electrons. The Hall–Kier alpha value is -1.88. The smallest absolute Gasteiger partial charge is 0.249 e. The molecule has 0 atom stereocenters. The fourth-order valence-corrected chi connectivity index (χ4v) is 1.04. The van der Waals surface area contributed by atoms with E-state index in [9.17, 15) is 4.79 Å². The molecule has 2 aromatic heterocycles. The van der Waals surface area contributed by atoms with E-state index in [2.05, 4.69) is 9.97 Å². The third-order valence-corrected chi connectivity index (χ3v) is 1.60. The third-order valence-electron chi connectivity index (χ3n) is 1.60. The Kier molecular flexibility index (Phi) is 2.29. The van der Waals surface area contributed by atoms with Gasteiger partial charge in [-0.05, 0) is 18.2 Å². The molecule has 0 aromatic carbocycles. The van der Waals surface area contributed by atoms with Crippen LogP contribution in [0.5, 0.6) is 0 Å². The molecule has 0 aliphatic heterocycles. The van der Waals surface area contributed by atoms with Gasteiger partial charge in [-0.1, -0.05) is 0 Å².